The number of aliphatic imine (C=N–C) groups is 1. The van der Waals surface area contributed by atoms with E-state index in [9.17, 15) is 13.5 Å². The second-order valence-corrected chi connectivity index (χ2v) is 12.1. The predicted octanol–water partition coefficient (Wildman–Crippen LogP) is 5.79. The molecule has 3 aromatic rings. The molecule has 1 saturated carbocycles. The SMILES string of the molecule is CCCCC1=NC2(CCCC2)C(O)N1Cc1ccc(-c2ccccc2S(=O)(=O)Nc2onc(C)c2C)cc1. The van der Waals surface area contributed by atoms with Crippen molar-refractivity contribution in [2.24, 2.45) is 4.99 Å². The summed E-state index contributed by atoms with van der Waals surface area (Å²) in [4.78, 5) is 7.30. The Bertz CT molecular complexity index is 1420. The zero-order valence-corrected chi connectivity index (χ0v) is 23.1. The van der Waals surface area contributed by atoms with Gasteiger partial charge in [-0.2, -0.15) is 0 Å². The highest BCUT2D eigenvalue weighted by Crippen LogP contribution is 2.42. The molecule has 0 saturated heterocycles. The molecular formula is C29H36N4O4S. The number of aliphatic hydroxyl groups is 1. The van der Waals surface area contributed by atoms with E-state index in [1.165, 1.54) is 0 Å². The van der Waals surface area contributed by atoms with Gasteiger partial charge in [0.2, 0.25) is 5.88 Å². The van der Waals surface area contributed by atoms with Crippen LogP contribution in [0.3, 0.4) is 0 Å². The minimum Gasteiger partial charge on any atom is -0.371 e. The number of benzene rings is 2. The fourth-order valence-corrected chi connectivity index (χ4v) is 6.77. The second-order valence-electron chi connectivity index (χ2n) is 10.5. The van der Waals surface area contributed by atoms with Gasteiger partial charge in [0.15, 0.2) is 6.23 Å². The summed E-state index contributed by atoms with van der Waals surface area (Å²) in [5.74, 6) is 1.13. The average Bonchev–Trinajstić information content (AvgIpc) is 3.59. The first-order valence-corrected chi connectivity index (χ1v) is 14.9. The van der Waals surface area contributed by atoms with Crippen molar-refractivity contribution in [2.45, 2.75) is 88.9 Å². The van der Waals surface area contributed by atoms with E-state index >= 15 is 0 Å². The van der Waals surface area contributed by atoms with E-state index in [0.717, 1.165) is 61.9 Å². The summed E-state index contributed by atoms with van der Waals surface area (Å²) in [7, 11) is -3.91. The highest BCUT2D eigenvalue weighted by atomic mass is 32.2. The van der Waals surface area contributed by atoms with Gasteiger partial charge in [0.05, 0.1) is 10.6 Å². The van der Waals surface area contributed by atoms with Gasteiger partial charge in [0, 0.05) is 24.1 Å². The Morgan fingerprint density at radius 3 is 2.47 bits per heavy atom. The van der Waals surface area contributed by atoms with Crippen molar-refractivity contribution >= 4 is 21.7 Å². The molecule has 202 valence electrons. The van der Waals surface area contributed by atoms with Crippen molar-refractivity contribution in [1.82, 2.24) is 10.1 Å². The molecule has 0 radical (unpaired) electrons. The van der Waals surface area contributed by atoms with Crippen molar-refractivity contribution < 1.29 is 18.0 Å². The molecular weight excluding hydrogens is 500 g/mol. The Labute approximate surface area is 224 Å². The molecule has 1 unspecified atom stereocenters. The lowest BCUT2D eigenvalue weighted by Crippen LogP contribution is -2.45. The van der Waals surface area contributed by atoms with Crippen molar-refractivity contribution in [3.8, 4) is 11.1 Å². The maximum absolute atomic E-state index is 13.3. The lowest BCUT2D eigenvalue weighted by Gasteiger charge is -2.31. The molecule has 1 fully saturated rings. The zero-order chi connectivity index (χ0) is 26.9. The van der Waals surface area contributed by atoms with Crippen molar-refractivity contribution in [3.05, 3.63) is 65.4 Å². The van der Waals surface area contributed by atoms with Crippen LogP contribution in [0.1, 0.15) is 68.7 Å². The molecule has 1 aromatic heterocycles. The van der Waals surface area contributed by atoms with E-state index in [1.807, 2.05) is 30.3 Å². The fourth-order valence-electron chi connectivity index (χ4n) is 5.49. The summed E-state index contributed by atoms with van der Waals surface area (Å²) in [6.45, 7) is 6.26. The molecule has 5 rings (SSSR count). The molecule has 2 N–H and O–H groups in total. The lowest BCUT2D eigenvalue weighted by atomic mass is 9.96. The number of sulfonamides is 1. The monoisotopic (exact) mass is 536 g/mol. The number of unbranched alkanes of at least 4 members (excludes halogenated alkanes) is 1. The number of rotatable bonds is 9. The molecule has 38 heavy (non-hydrogen) atoms. The molecule has 1 spiro atoms. The zero-order valence-electron chi connectivity index (χ0n) is 22.3. The van der Waals surface area contributed by atoms with Gasteiger partial charge >= 0.3 is 0 Å². The van der Waals surface area contributed by atoms with Gasteiger partial charge in [-0.15, -0.1) is 0 Å². The van der Waals surface area contributed by atoms with Gasteiger partial charge in [-0.3, -0.25) is 4.99 Å². The van der Waals surface area contributed by atoms with Crippen LogP contribution in [-0.4, -0.2) is 41.2 Å². The third-order valence-corrected chi connectivity index (χ3v) is 9.25. The third-order valence-electron chi connectivity index (χ3n) is 7.86. The molecule has 9 heteroatoms. The summed E-state index contributed by atoms with van der Waals surface area (Å²) in [6.07, 6.45) is 6.49. The third kappa shape index (κ3) is 4.97. The smallest absolute Gasteiger partial charge is 0.264 e. The van der Waals surface area contributed by atoms with Crippen molar-refractivity contribution in [1.29, 1.82) is 0 Å². The first-order chi connectivity index (χ1) is 18.2. The predicted molar refractivity (Wildman–Crippen MR) is 148 cm³/mol. The Morgan fingerprint density at radius 2 is 1.82 bits per heavy atom. The number of nitrogens with one attached hydrogen (secondary N) is 1. The van der Waals surface area contributed by atoms with Crippen LogP contribution in [0, 0.1) is 13.8 Å². The fraction of sp³-hybridized carbons (Fsp3) is 0.448. The number of aryl methyl sites for hydroxylation is 1. The molecule has 0 bridgehead atoms. The molecule has 1 atom stereocenters. The van der Waals surface area contributed by atoms with E-state index in [-0.39, 0.29) is 16.3 Å². The van der Waals surface area contributed by atoms with Gasteiger partial charge < -0.3 is 14.5 Å². The lowest BCUT2D eigenvalue weighted by molar-refractivity contribution is 0.00295. The number of aromatic nitrogens is 1. The van der Waals surface area contributed by atoms with E-state index in [4.69, 9.17) is 9.52 Å². The van der Waals surface area contributed by atoms with Crippen LogP contribution in [0.15, 0.2) is 62.9 Å². The molecule has 2 aliphatic rings. The molecule has 0 amide bonds. The maximum Gasteiger partial charge on any atom is 0.264 e. The van der Waals surface area contributed by atoms with Crippen molar-refractivity contribution in [2.75, 3.05) is 4.72 Å². The topological polar surface area (TPSA) is 108 Å². The van der Waals surface area contributed by atoms with Crippen LogP contribution >= 0.6 is 0 Å². The van der Waals surface area contributed by atoms with E-state index in [1.54, 1.807) is 32.0 Å². The standard InChI is InChI=1S/C29H36N4O4S/c1-4-5-12-26-30-29(17-8-9-18-29)28(34)33(26)19-22-13-15-23(16-14-22)24-10-6-7-11-25(24)38(35,36)32-27-20(2)21(3)31-37-27/h6-7,10-11,13-16,28,32,34H,4-5,8-9,12,17-19H2,1-3H3. The van der Waals surface area contributed by atoms with Crippen LogP contribution < -0.4 is 4.72 Å². The number of hydrogen-bond donors (Lipinski definition) is 2. The van der Waals surface area contributed by atoms with Gasteiger partial charge in [-0.05, 0) is 50.3 Å². The van der Waals surface area contributed by atoms with Crippen molar-refractivity contribution in [3.63, 3.8) is 0 Å². The van der Waals surface area contributed by atoms with Crippen LogP contribution in [0.2, 0.25) is 0 Å². The molecule has 1 aliphatic carbocycles. The van der Waals surface area contributed by atoms with Crippen LogP contribution in [-0.2, 0) is 16.6 Å². The summed E-state index contributed by atoms with van der Waals surface area (Å²) in [6, 6.07) is 14.8. The summed E-state index contributed by atoms with van der Waals surface area (Å²) in [5, 5.41) is 15.1. The van der Waals surface area contributed by atoms with Crippen LogP contribution in [0.25, 0.3) is 11.1 Å². The van der Waals surface area contributed by atoms with E-state index in [0.29, 0.717) is 23.4 Å². The number of amidine groups is 1. The molecule has 8 nitrogen and oxygen atoms in total. The second kappa shape index (κ2) is 10.5. The Kier molecular flexibility index (Phi) is 7.33. The van der Waals surface area contributed by atoms with Gasteiger partial charge in [0.1, 0.15) is 11.4 Å². The quantitative estimate of drug-likeness (QED) is 0.358. The van der Waals surface area contributed by atoms with Gasteiger partial charge in [-0.25, -0.2) is 13.1 Å². The van der Waals surface area contributed by atoms with E-state index < -0.39 is 16.3 Å². The first kappa shape index (κ1) is 26.4. The molecule has 2 aromatic carbocycles. The number of aliphatic hydroxyl groups excluding tert-OH is 1. The first-order valence-electron chi connectivity index (χ1n) is 13.4. The normalized spacial score (nSPS) is 18.8. The highest BCUT2D eigenvalue weighted by molar-refractivity contribution is 7.92. The Morgan fingerprint density at radius 1 is 1.11 bits per heavy atom. The number of anilines is 1. The van der Waals surface area contributed by atoms with Crippen LogP contribution in [0.5, 0.6) is 0 Å². The molecule has 2 heterocycles. The Balaban J connectivity index is 1.38. The summed E-state index contributed by atoms with van der Waals surface area (Å²) >= 11 is 0. The Hall–Kier alpha value is -3.17. The number of nitrogens with zero attached hydrogens (tertiary/aromatic N) is 3. The molecule has 1 aliphatic heterocycles. The largest absolute Gasteiger partial charge is 0.371 e. The van der Waals surface area contributed by atoms with E-state index in [2.05, 4.69) is 21.7 Å². The maximum atomic E-state index is 13.3. The van der Waals surface area contributed by atoms with Gasteiger partial charge in [0.25, 0.3) is 10.0 Å². The summed E-state index contributed by atoms with van der Waals surface area (Å²) < 4.78 is 34.3. The number of hydrogen-bond acceptors (Lipinski definition) is 7. The summed E-state index contributed by atoms with van der Waals surface area (Å²) in [5.41, 5.74) is 3.35. The minimum absolute atomic E-state index is 0.123. The average molecular weight is 537 g/mol. The minimum atomic E-state index is -3.91. The van der Waals surface area contributed by atoms with Crippen LogP contribution in [0.4, 0.5) is 5.88 Å². The van der Waals surface area contributed by atoms with Gasteiger partial charge in [-0.1, -0.05) is 73.8 Å². The highest BCUT2D eigenvalue weighted by Gasteiger charge is 2.48.